The van der Waals surface area contributed by atoms with E-state index in [0.717, 1.165) is 10.6 Å². The highest BCUT2D eigenvalue weighted by Crippen LogP contribution is 2.20. The van der Waals surface area contributed by atoms with Crippen LogP contribution in [0.25, 0.3) is 0 Å². The van der Waals surface area contributed by atoms with E-state index in [1.807, 2.05) is 31.0 Å². The zero-order valence-electron chi connectivity index (χ0n) is 11.9. The highest BCUT2D eigenvalue weighted by molar-refractivity contribution is 7.14. The van der Waals surface area contributed by atoms with Gasteiger partial charge in [0.15, 0.2) is 5.78 Å². The highest BCUT2D eigenvalue weighted by Gasteiger charge is 2.12. The van der Waals surface area contributed by atoms with Gasteiger partial charge in [0, 0.05) is 17.6 Å². The third kappa shape index (κ3) is 3.44. The molecular formula is C16H19NOS. The molecule has 0 fully saturated rings. The van der Waals surface area contributed by atoms with Gasteiger partial charge in [-0.15, -0.1) is 11.3 Å². The summed E-state index contributed by atoms with van der Waals surface area (Å²) in [5, 5.41) is 0. The minimum Gasteiger partial charge on any atom is -0.367 e. The Balaban J connectivity index is 2.12. The number of carbonyl (C=O) groups excluding carboxylic acids is 1. The van der Waals surface area contributed by atoms with Crippen molar-refractivity contribution in [2.24, 2.45) is 0 Å². The molecule has 0 saturated carbocycles. The fourth-order valence-electron chi connectivity index (χ4n) is 2.14. The molecule has 1 aromatic carbocycles. The van der Waals surface area contributed by atoms with Gasteiger partial charge in [-0.3, -0.25) is 4.79 Å². The normalized spacial score (nSPS) is 10.5. The molecule has 100 valence electrons. The molecule has 19 heavy (non-hydrogen) atoms. The molecule has 0 unspecified atom stereocenters. The SMILES string of the molecule is Cc1cc(C)cc(N(C)CC(=O)c2ccc(C)s2)c1. The Bertz CT molecular complexity index is 580. The van der Waals surface area contributed by atoms with Crippen LogP contribution in [0.3, 0.4) is 0 Å². The maximum Gasteiger partial charge on any atom is 0.191 e. The lowest BCUT2D eigenvalue weighted by atomic mass is 10.1. The minimum absolute atomic E-state index is 0.180. The lowest BCUT2D eigenvalue weighted by Crippen LogP contribution is -2.25. The molecule has 0 spiro atoms. The summed E-state index contributed by atoms with van der Waals surface area (Å²) in [6, 6.07) is 10.3. The molecule has 0 amide bonds. The molecule has 0 aliphatic rings. The van der Waals surface area contributed by atoms with Gasteiger partial charge < -0.3 is 4.90 Å². The average Bonchev–Trinajstić information content (AvgIpc) is 2.74. The van der Waals surface area contributed by atoms with Crippen LogP contribution in [0.4, 0.5) is 5.69 Å². The topological polar surface area (TPSA) is 20.3 Å². The number of hydrogen-bond acceptors (Lipinski definition) is 3. The summed E-state index contributed by atoms with van der Waals surface area (Å²) in [6.45, 7) is 6.60. The van der Waals surface area contributed by atoms with Crippen molar-refractivity contribution in [2.75, 3.05) is 18.5 Å². The number of rotatable bonds is 4. The summed E-state index contributed by atoms with van der Waals surface area (Å²) in [7, 11) is 1.96. The van der Waals surface area contributed by atoms with E-state index in [4.69, 9.17) is 0 Å². The molecule has 2 aromatic rings. The second kappa shape index (κ2) is 5.57. The Labute approximate surface area is 118 Å². The van der Waals surface area contributed by atoms with Crippen molar-refractivity contribution in [2.45, 2.75) is 20.8 Å². The van der Waals surface area contributed by atoms with E-state index in [9.17, 15) is 4.79 Å². The lowest BCUT2D eigenvalue weighted by molar-refractivity contribution is 0.100. The molecule has 0 bridgehead atoms. The minimum atomic E-state index is 0.180. The second-order valence-electron chi connectivity index (χ2n) is 5.04. The molecule has 0 N–H and O–H groups in total. The highest BCUT2D eigenvalue weighted by atomic mass is 32.1. The van der Waals surface area contributed by atoms with Crippen LogP contribution in [0.2, 0.25) is 0 Å². The molecule has 0 aliphatic heterocycles. The standard InChI is InChI=1S/C16H19NOS/c1-11-7-12(2)9-14(8-11)17(4)10-15(18)16-6-5-13(3)19-16/h5-9H,10H2,1-4H3. The van der Waals surface area contributed by atoms with E-state index in [1.165, 1.54) is 16.0 Å². The van der Waals surface area contributed by atoms with Crippen molar-refractivity contribution in [3.8, 4) is 0 Å². The van der Waals surface area contributed by atoms with E-state index in [-0.39, 0.29) is 5.78 Å². The van der Waals surface area contributed by atoms with Crippen molar-refractivity contribution in [1.82, 2.24) is 0 Å². The van der Waals surface area contributed by atoms with Crippen molar-refractivity contribution >= 4 is 22.8 Å². The first-order chi connectivity index (χ1) is 8.95. The molecule has 3 heteroatoms. The van der Waals surface area contributed by atoms with Crippen molar-refractivity contribution in [3.05, 3.63) is 51.2 Å². The van der Waals surface area contributed by atoms with Crippen molar-refractivity contribution in [3.63, 3.8) is 0 Å². The van der Waals surface area contributed by atoms with Gasteiger partial charge in [0.1, 0.15) is 0 Å². The van der Waals surface area contributed by atoms with Crippen LogP contribution in [0.1, 0.15) is 25.7 Å². The van der Waals surface area contributed by atoms with Gasteiger partial charge in [-0.1, -0.05) is 6.07 Å². The first-order valence-corrected chi connectivity index (χ1v) is 7.16. The van der Waals surface area contributed by atoms with Crippen LogP contribution in [-0.2, 0) is 0 Å². The summed E-state index contributed by atoms with van der Waals surface area (Å²) in [5.74, 6) is 0.180. The number of thiophene rings is 1. The van der Waals surface area contributed by atoms with E-state index in [0.29, 0.717) is 6.54 Å². The number of benzene rings is 1. The lowest BCUT2D eigenvalue weighted by Gasteiger charge is -2.19. The van der Waals surface area contributed by atoms with E-state index in [1.54, 1.807) is 11.3 Å². The molecule has 1 heterocycles. The summed E-state index contributed by atoms with van der Waals surface area (Å²) >= 11 is 1.56. The Hall–Kier alpha value is -1.61. The van der Waals surface area contributed by atoms with Crippen LogP contribution in [0, 0.1) is 20.8 Å². The molecule has 2 nitrogen and oxygen atoms in total. The quantitative estimate of drug-likeness (QED) is 0.785. The first kappa shape index (κ1) is 13.8. The number of nitrogens with zero attached hydrogens (tertiary/aromatic N) is 1. The van der Waals surface area contributed by atoms with Crippen LogP contribution < -0.4 is 4.90 Å². The van der Waals surface area contributed by atoms with Gasteiger partial charge in [-0.2, -0.15) is 0 Å². The fourth-order valence-corrected chi connectivity index (χ4v) is 2.94. The third-order valence-corrected chi connectivity index (χ3v) is 4.08. The number of aryl methyl sites for hydroxylation is 3. The van der Waals surface area contributed by atoms with Gasteiger partial charge in [0.2, 0.25) is 0 Å². The molecular weight excluding hydrogens is 254 g/mol. The largest absolute Gasteiger partial charge is 0.367 e. The molecule has 0 saturated heterocycles. The summed E-state index contributed by atoms with van der Waals surface area (Å²) in [4.78, 5) is 16.2. The summed E-state index contributed by atoms with van der Waals surface area (Å²) < 4.78 is 0. The van der Waals surface area contributed by atoms with Crippen LogP contribution in [-0.4, -0.2) is 19.4 Å². The Morgan fingerprint density at radius 2 is 1.74 bits per heavy atom. The van der Waals surface area contributed by atoms with Crippen LogP contribution >= 0.6 is 11.3 Å². The molecule has 1 aromatic heterocycles. The number of likely N-dealkylation sites (N-methyl/N-ethyl adjacent to an activating group) is 1. The van der Waals surface area contributed by atoms with Crippen LogP contribution in [0.5, 0.6) is 0 Å². The fraction of sp³-hybridized carbons (Fsp3) is 0.312. The summed E-state index contributed by atoms with van der Waals surface area (Å²) in [5.41, 5.74) is 3.54. The van der Waals surface area contributed by atoms with Gasteiger partial charge >= 0.3 is 0 Å². The molecule has 0 aliphatic carbocycles. The number of carbonyl (C=O) groups is 1. The van der Waals surface area contributed by atoms with Gasteiger partial charge in [0.25, 0.3) is 0 Å². The number of ketones is 1. The van der Waals surface area contributed by atoms with E-state index < -0.39 is 0 Å². The Morgan fingerprint density at radius 3 is 2.26 bits per heavy atom. The maximum atomic E-state index is 12.2. The monoisotopic (exact) mass is 273 g/mol. The number of anilines is 1. The summed E-state index contributed by atoms with van der Waals surface area (Å²) in [6.07, 6.45) is 0. The predicted octanol–water partition coefficient (Wildman–Crippen LogP) is 3.99. The average molecular weight is 273 g/mol. The molecule has 0 atom stereocenters. The predicted molar refractivity (Wildman–Crippen MR) is 82.6 cm³/mol. The number of hydrogen-bond donors (Lipinski definition) is 0. The molecule has 0 radical (unpaired) electrons. The van der Waals surface area contributed by atoms with Gasteiger partial charge in [-0.25, -0.2) is 0 Å². The second-order valence-corrected chi connectivity index (χ2v) is 6.32. The van der Waals surface area contributed by atoms with Crippen molar-refractivity contribution < 1.29 is 4.79 Å². The smallest absolute Gasteiger partial charge is 0.191 e. The van der Waals surface area contributed by atoms with Crippen molar-refractivity contribution in [1.29, 1.82) is 0 Å². The van der Waals surface area contributed by atoms with Gasteiger partial charge in [0.05, 0.1) is 11.4 Å². The Morgan fingerprint density at radius 1 is 1.11 bits per heavy atom. The first-order valence-electron chi connectivity index (χ1n) is 6.35. The third-order valence-electron chi connectivity index (χ3n) is 3.04. The van der Waals surface area contributed by atoms with Gasteiger partial charge in [-0.05, 0) is 56.2 Å². The van der Waals surface area contributed by atoms with E-state index in [2.05, 4.69) is 32.0 Å². The Kier molecular flexibility index (Phi) is 4.05. The molecule has 2 rings (SSSR count). The van der Waals surface area contributed by atoms with E-state index >= 15 is 0 Å². The maximum absolute atomic E-state index is 12.2. The van der Waals surface area contributed by atoms with Crippen LogP contribution in [0.15, 0.2) is 30.3 Å². The zero-order valence-corrected chi connectivity index (χ0v) is 12.7. The zero-order chi connectivity index (χ0) is 14.0. The number of Topliss-reactive ketones (excluding diaryl/α,β-unsaturated/α-hetero) is 1.